The molecule has 0 spiro atoms. The van der Waals surface area contributed by atoms with Gasteiger partial charge in [-0.05, 0) is 42.9 Å². The lowest BCUT2D eigenvalue weighted by molar-refractivity contribution is 0.0789. The molecule has 3 rings (SSSR count). The van der Waals surface area contributed by atoms with Crippen LogP contribution in [0.5, 0.6) is 0 Å². The third kappa shape index (κ3) is 4.36. The molecule has 2 aromatic rings. The molecule has 0 radical (unpaired) electrons. The number of hydrogen-bond donors (Lipinski definition) is 0. The fourth-order valence-electron chi connectivity index (χ4n) is 3.21. The van der Waals surface area contributed by atoms with Gasteiger partial charge in [-0.2, -0.15) is 4.31 Å². The Labute approximate surface area is 165 Å². The third-order valence-electron chi connectivity index (χ3n) is 4.75. The van der Waals surface area contributed by atoms with E-state index in [2.05, 4.69) is 0 Å². The van der Waals surface area contributed by atoms with Gasteiger partial charge in [0.15, 0.2) is 0 Å². The number of thioether (sulfide) groups is 1. The standard InChI is InChI=1S/C20H24N2O3S2/c1-21(15-16-8-4-3-5-9-16)27(24,25)17-10-11-19(26-2)18(14-17)20(23)22-12-6-7-13-22/h3-5,8-11,14H,6-7,12-13,15H2,1-2H3. The molecule has 0 unspecified atom stereocenters. The van der Waals surface area contributed by atoms with Crippen LogP contribution in [0.1, 0.15) is 28.8 Å². The highest BCUT2D eigenvalue weighted by molar-refractivity contribution is 7.98. The number of likely N-dealkylation sites (tertiary alicyclic amines) is 1. The topological polar surface area (TPSA) is 57.7 Å². The van der Waals surface area contributed by atoms with E-state index in [4.69, 9.17) is 0 Å². The molecule has 1 fully saturated rings. The molecule has 1 saturated heterocycles. The van der Waals surface area contributed by atoms with Crippen LogP contribution in [0.2, 0.25) is 0 Å². The van der Waals surface area contributed by atoms with Crippen molar-refractivity contribution < 1.29 is 13.2 Å². The van der Waals surface area contributed by atoms with Gasteiger partial charge < -0.3 is 4.90 Å². The molecular formula is C20H24N2O3S2. The number of amides is 1. The molecule has 0 aliphatic carbocycles. The Balaban J connectivity index is 1.90. The number of sulfonamides is 1. The van der Waals surface area contributed by atoms with Gasteiger partial charge in [0, 0.05) is 31.6 Å². The van der Waals surface area contributed by atoms with E-state index in [1.165, 1.54) is 22.1 Å². The van der Waals surface area contributed by atoms with Crippen molar-refractivity contribution in [2.24, 2.45) is 0 Å². The highest BCUT2D eigenvalue weighted by Gasteiger charge is 2.26. The summed E-state index contributed by atoms with van der Waals surface area (Å²) < 4.78 is 27.4. The third-order valence-corrected chi connectivity index (χ3v) is 7.35. The molecule has 27 heavy (non-hydrogen) atoms. The van der Waals surface area contributed by atoms with Gasteiger partial charge in [0.25, 0.3) is 5.91 Å². The van der Waals surface area contributed by atoms with Crippen LogP contribution >= 0.6 is 11.8 Å². The quantitative estimate of drug-likeness (QED) is 0.692. The zero-order valence-electron chi connectivity index (χ0n) is 15.6. The lowest BCUT2D eigenvalue weighted by atomic mass is 10.2. The average Bonchev–Trinajstić information content (AvgIpc) is 3.22. The Morgan fingerprint density at radius 2 is 1.78 bits per heavy atom. The summed E-state index contributed by atoms with van der Waals surface area (Å²) in [6.45, 7) is 1.75. The number of hydrogen-bond acceptors (Lipinski definition) is 4. The minimum absolute atomic E-state index is 0.0837. The zero-order chi connectivity index (χ0) is 19.4. The van der Waals surface area contributed by atoms with Crippen molar-refractivity contribution in [3.05, 3.63) is 59.7 Å². The number of rotatable bonds is 6. The van der Waals surface area contributed by atoms with Crippen LogP contribution in [-0.2, 0) is 16.6 Å². The van der Waals surface area contributed by atoms with Crippen LogP contribution < -0.4 is 0 Å². The second kappa shape index (κ2) is 8.46. The molecule has 0 N–H and O–H groups in total. The summed E-state index contributed by atoms with van der Waals surface area (Å²) in [5.41, 5.74) is 1.39. The molecule has 1 heterocycles. The van der Waals surface area contributed by atoms with Gasteiger partial charge in [0.2, 0.25) is 10.0 Å². The van der Waals surface area contributed by atoms with Crippen molar-refractivity contribution >= 4 is 27.7 Å². The van der Waals surface area contributed by atoms with Crippen molar-refractivity contribution in [1.29, 1.82) is 0 Å². The Kier molecular flexibility index (Phi) is 6.24. The first-order valence-electron chi connectivity index (χ1n) is 8.91. The predicted octanol–water partition coefficient (Wildman–Crippen LogP) is 3.47. The first kappa shape index (κ1) is 19.9. The van der Waals surface area contributed by atoms with Crippen molar-refractivity contribution in [2.45, 2.75) is 29.2 Å². The minimum Gasteiger partial charge on any atom is -0.339 e. The van der Waals surface area contributed by atoms with Crippen molar-refractivity contribution in [2.75, 3.05) is 26.4 Å². The van der Waals surface area contributed by atoms with Crippen molar-refractivity contribution in [1.82, 2.24) is 9.21 Å². The maximum atomic E-state index is 13.0. The minimum atomic E-state index is -3.69. The Morgan fingerprint density at radius 1 is 1.11 bits per heavy atom. The zero-order valence-corrected chi connectivity index (χ0v) is 17.2. The number of benzene rings is 2. The van der Waals surface area contributed by atoms with E-state index in [-0.39, 0.29) is 17.3 Å². The molecule has 0 saturated carbocycles. The number of carbonyl (C=O) groups is 1. The lowest BCUT2D eigenvalue weighted by Gasteiger charge is -2.20. The van der Waals surface area contributed by atoms with Gasteiger partial charge >= 0.3 is 0 Å². The van der Waals surface area contributed by atoms with Crippen LogP contribution in [0.25, 0.3) is 0 Å². The summed E-state index contributed by atoms with van der Waals surface area (Å²) in [6, 6.07) is 14.3. The molecule has 0 atom stereocenters. The van der Waals surface area contributed by atoms with Crippen LogP contribution in [0.4, 0.5) is 0 Å². The molecule has 0 aromatic heterocycles. The first-order chi connectivity index (χ1) is 12.9. The molecule has 7 heteroatoms. The van der Waals surface area contributed by atoms with Crippen LogP contribution in [0.15, 0.2) is 58.3 Å². The average molecular weight is 405 g/mol. The molecular weight excluding hydrogens is 380 g/mol. The van der Waals surface area contributed by atoms with Gasteiger partial charge in [-0.25, -0.2) is 8.42 Å². The fraction of sp³-hybridized carbons (Fsp3) is 0.350. The number of nitrogens with zero attached hydrogens (tertiary/aromatic N) is 2. The van der Waals surface area contributed by atoms with E-state index >= 15 is 0 Å². The molecule has 1 amide bonds. The van der Waals surface area contributed by atoms with E-state index in [1.807, 2.05) is 36.6 Å². The molecule has 5 nitrogen and oxygen atoms in total. The molecule has 144 valence electrons. The van der Waals surface area contributed by atoms with Crippen LogP contribution in [0, 0.1) is 0 Å². The second-order valence-corrected chi connectivity index (χ2v) is 9.50. The van der Waals surface area contributed by atoms with Crippen molar-refractivity contribution in [3.63, 3.8) is 0 Å². The first-order valence-corrected chi connectivity index (χ1v) is 11.6. The summed E-state index contributed by atoms with van der Waals surface area (Å²) in [5.74, 6) is -0.0837. The maximum absolute atomic E-state index is 13.0. The van der Waals surface area contributed by atoms with Gasteiger partial charge in [-0.15, -0.1) is 11.8 Å². The smallest absolute Gasteiger partial charge is 0.255 e. The largest absolute Gasteiger partial charge is 0.339 e. The summed E-state index contributed by atoms with van der Waals surface area (Å²) in [7, 11) is -2.13. The summed E-state index contributed by atoms with van der Waals surface area (Å²) >= 11 is 1.46. The Hall–Kier alpha value is -1.83. The fourth-order valence-corrected chi connectivity index (χ4v) is 4.97. The Bertz CT molecular complexity index is 908. The molecule has 1 aliphatic heterocycles. The maximum Gasteiger partial charge on any atom is 0.255 e. The van der Waals surface area contributed by atoms with E-state index in [9.17, 15) is 13.2 Å². The van der Waals surface area contributed by atoms with E-state index in [0.717, 1.165) is 36.4 Å². The predicted molar refractivity (Wildman–Crippen MR) is 108 cm³/mol. The number of carbonyl (C=O) groups excluding carboxylic acids is 1. The monoisotopic (exact) mass is 404 g/mol. The summed E-state index contributed by atoms with van der Waals surface area (Å²) in [6.07, 6.45) is 3.89. The van der Waals surface area contributed by atoms with E-state index in [0.29, 0.717) is 5.56 Å². The highest BCUT2D eigenvalue weighted by Crippen LogP contribution is 2.27. The van der Waals surface area contributed by atoms with Gasteiger partial charge in [0.1, 0.15) is 0 Å². The SMILES string of the molecule is CSc1ccc(S(=O)(=O)N(C)Cc2ccccc2)cc1C(=O)N1CCCC1. The van der Waals surface area contributed by atoms with E-state index in [1.54, 1.807) is 24.1 Å². The van der Waals surface area contributed by atoms with Crippen LogP contribution in [-0.4, -0.2) is 49.9 Å². The molecule has 2 aromatic carbocycles. The van der Waals surface area contributed by atoms with Crippen LogP contribution in [0.3, 0.4) is 0 Å². The molecule has 1 aliphatic rings. The van der Waals surface area contributed by atoms with Crippen molar-refractivity contribution in [3.8, 4) is 0 Å². The lowest BCUT2D eigenvalue weighted by Crippen LogP contribution is -2.29. The summed E-state index contributed by atoms with van der Waals surface area (Å²) in [5, 5.41) is 0. The second-order valence-electron chi connectivity index (χ2n) is 6.61. The van der Waals surface area contributed by atoms with E-state index < -0.39 is 10.0 Å². The molecule has 0 bridgehead atoms. The summed E-state index contributed by atoms with van der Waals surface area (Å²) in [4.78, 5) is 15.6. The normalized spacial score (nSPS) is 14.7. The Morgan fingerprint density at radius 3 is 2.41 bits per heavy atom. The van der Waals surface area contributed by atoms with Gasteiger partial charge in [-0.3, -0.25) is 4.79 Å². The van der Waals surface area contributed by atoms with Gasteiger partial charge in [0.05, 0.1) is 10.5 Å². The van der Waals surface area contributed by atoms with Gasteiger partial charge in [-0.1, -0.05) is 30.3 Å². The highest BCUT2D eigenvalue weighted by atomic mass is 32.2.